The molecule has 7 atom stereocenters. The molecule has 0 bridgehead atoms. The Morgan fingerprint density at radius 1 is 0.588 bits per heavy atom. The second kappa shape index (κ2) is 4.59. The highest BCUT2D eigenvalue weighted by molar-refractivity contribution is 4.93. The minimum absolute atomic E-state index is 0.992. The summed E-state index contributed by atoms with van der Waals surface area (Å²) in [6, 6.07) is 0. The van der Waals surface area contributed by atoms with E-state index in [9.17, 15) is 0 Å². The molecule has 3 aliphatic carbocycles. The van der Waals surface area contributed by atoms with Crippen molar-refractivity contribution in [1.29, 1.82) is 0 Å². The van der Waals surface area contributed by atoms with E-state index >= 15 is 0 Å². The molecule has 0 spiro atoms. The Morgan fingerprint density at radius 2 is 1.24 bits per heavy atom. The molecule has 7 unspecified atom stereocenters. The van der Waals surface area contributed by atoms with E-state index in [0.717, 1.165) is 41.4 Å². The molecule has 3 aliphatic rings. The van der Waals surface area contributed by atoms with Crippen LogP contribution >= 0.6 is 0 Å². The molecule has 0 aliphatic heterocycles. The van der Waals surface area contributed by atoms with Gasteiger partial charge in [0.2, 0.25) is 0 Å². The SMILES string of the molecule is CC1CC2CC3CCCC(C)C3CC2CC1C. The molecule has 98 valence electrons. The van der Waals surface area contributed by atoms with Gasteiger partial charge in [-0.25, -0.2) is 0 Å². The van der Waals surface area contributed by atoms with Crippen LogP contribution < -0.4 is 0 Å². The van der Waals surface area contributed by atoms with Gasteiger partial charge in [0.15, 0.2) is 0 Å². The summed E-state index contributed by atoms with van der Waals surface area (Å²) < 4.78 is 0. The van der Waals surface area contributed by atoms with Crippen molar-refractivity contribution < 1.29 is 0 Å². The van der Waals surface area contributed by atoms with Gasteiger partial charge in [-0.15, -0.1) is 0 Å². The summed E-state index contributed by atoms with van der Waals surface area (Å²) in [6.45, 7) is 7.53. The predicted molar refractivity (Wildman–Crippen MR) is 73.8 cm³/mol. The number of rotatable bonds is 0. The minimum atomic E-state index is 0.992. The average molecular weight is 234 g/mol. The Hall–Kier alpha value is 0. The highest BCUT2D eigenvalue weighted by Crippen LogP contribution is 2.53. The molecule has 0 radical (unpaired) electrons. The van der Waals surface area contributed by atoms with E-state index in [2.05, 4.69) is 20.8 Å². The average Bonchev–Trinajstić information content (AvgIpc) is 2.29. The van der Waals surface area contributed by atoms with Crippen LogP contribution in [0.4, 0.5) is 0 Å². The second-order valence-electron chi connectivity index (χ2n) is 7.75. The van der Waals surface area contributed by atoms with Gasteiger partial charge in [0.1, 0.15) is 0 Å². The van der Waals surface area contributed by atoms with Crippen molar-refractivity contribution in [3.05, 3.63) is 0 Å². The summed E-state index contributed by atoms with van der Waals surface area (Å²) in [7, 11) is 0. The largest absolute Gasteiger partial charge is 0.0622 e. The van der Waals surface area contributed by atoms with Crippen LogP contribution in [0.25, 0.3) is 0 Å². The number of hydrogen-bond donors (Lipinski definition) is 0. The van der Waals surface area contributed by atoms with E-state index in [1.165, 1.54) is 12.8 Å². The second-order valence-corrected chi connectivity index (χ2v) is 7.75. The smallest absolute Gasteiger partial charge is 0.0357 e. The standard InChI is InChI=1S/C17H30/c1-11-5-4-6-14-9-15-7-12(2)13(3)8-16(15)10-17(11)14/h11-17H,4-10H2,1-3H3. The van der Waals surface area contributed by atoms with Crippen LogP contribution in [0.5, 0.6) is 0 Å². The molecule has 0 heterocycles. The third-order valence-corrected chi connectivity index (χ3v) is 6.74. The fraction of sp³-hybridized carbons (Fsp3) is 1.00. The Kier molecular flexibility index (Phi) is 3.26. The quantitative estimate of drug-likeness (QED) is 0.545. The van der Waals surface area contributed by atoms with Crippen LogP contribution in [0.1, 0.15) is 65.7 Å². The summed E-state index contributed by atoms with van der Waals surface area (Å²) in [4.78, 5) is 0. The zero-order chi connectivity index (χ0) is 12.0. The van der Waals surface area contributed by atoms with Crippen molar-refractivity contribution in [3.63, 3.8) is 0 Å². The maximum absolute atomic E-state index is 2.53. The summed E-state index contributed by atoms with van der Waals surface area (Å²) >= 11 is 0. The first kappa shape index (κ1) is 12.1. The molecule has 0 aromatic heterocycles. The van der Waals surface area contributed by atoms with Crippen molar-refractivity contribution in [2.75, 3.05) is 0 Å². The van der Waals surface area contributed by atoms with Crippen LogP contribution in [0.15, 0.2) is 0 Å². The summed E-state index contributed by atoms with van der Waals surface area (Å²) in [5.41, 5.74) is 0. The molecule has 3 saturated carbocycles. The van der Waals surface area contributed by atoms with Crippen molar-refractivity contribution in [3.8, 4) is 0 Å². The third-order valence-electron chi connectivity index (χ3n) is 6.74. The molecule has 3 rings (SSSR count). The molecule has 0 N–H and O–H groups in total. The Bertz CT molecular complexity index is 269. The number of fused-ring (bicyclic) bond motifs is 2. The normalized spacial score (nSPS) is 54.9. The van der Waals surface area contributed by atoms with Crippen LogP contribution in [0.3, 0.4) is 0 Å². The van der Waals surface area contributed by atoms with Crippen molar-refractivity contribution in [1.82, 2.24) is 0 Å². The van der Waals surface area contributed by atoms with Gasteiger partial charge >= 0.3 is 0 Å². The van der Waals surface area contributed by atoms with Gasteiger partial charge in [0.05, 0.1) is 0 Å². The van der Waals surface area contributed by atoms with Crippen molar-refractivity contribution >= 4 is 0 Å². The van der Waals surface area contributed by atoms with E-state index in [0.29, 0.717) is 0 Å². The van der Waals surface area contributed by atoms with Crippen molar-refractivity contribution in [2.24, 2.45) is 41.4 Å². The van der Waals surface area contributed by atoms with Gasteiger partial charge in [-0.05, 0) is 67.1 Å². The Morgan fingerprint density at radius 3 is 1.94 bits per heavy atom. The first-order chi connectivity index (χ1) is 8.15. The molecule has 3 fully saturated rings. The van der Waals surface area contributed by atoms with Crippen molar-refractivity contribution in [2.45, 2.75) is 65.7 Å². The molecule has 0 aromatic carbocycles. The lowest BCUT2D eigenvalue weighted by atomic mass is 9.55. The predicted octanol–water partition coefficient (Wildman–Crippen LogP) is 5.13. The van der Waals surface area contributed by atoms with E-state index < -0.39 is 0 Å². The lowest BCUT2D eigenvalue weighted by molar-refractivity contribution is -0.00351. The monoisotopic (exact) mass is 234 g/mol. The molecule has 0 saturated heterocycles. The topological polar surface area (TPSA) is 0 Å². The van der Waals surface area contributed by atoms with Gasteiger partial charge in [-0.1, -0.05) is 40.0 Å². The first-order valence-electron chi connectivity index (χ1n) is 8.15. The van der Waals surface area contributed by atoms with E-state index in [1.807, 2.05) is 0 Å². The third kappa shape index (κ3) is 2.17. The fourth-order valence-electron chi connectivity index (χ4n) is 5.43. The van der Waals surface area contributed by atoms with Gasteiger partial charge in [0.25, 0.3) is 0 Å². The zero-order valence-electron chi connectivity index (χ0n) is 12.0. The van der Waals surface area contributed by atoms with Gasteiger partial charge in [-0.3, -0.25) is 0 Å². The maximum Gasteiger partial charge on any atom is -0.0357 e. The molecule has 0 nitrogen and oxygen atoms in total. The highest BCUT2D eigenvalue weighted by atomic mass is 14.5. The highest BCUT2D eigenvalue weighted by Gasteiger charge is 2.43. The molecular weight excluding hydrogens is 204 g/mol. The van der Waals surface area contributed by atoms with Gasteiger partial charge in [0, 0.05) is 0 Å². The van der Waals surface area contributed by atoms with Gasteiger partial charge < -0.3 is 0 Å². The Balaban J connectivity index is 1.71. The van der Waals surface area contributed by atoms with E-state index in [-0.39, 0.29) is 0 Å². The van der Waals surface area contributed by atoms with Gasteiger partial charge in [-0.2, -0.15) is 0 Å². The fourth-order valence-corrected chi connectivity index (χ4v) is 5.43. The molecular formula is C17H30. The Labute approximate surface area is 108 Å². The summed E-state index contributed by atoms with van der Waals surface area (Å²) in [5, 5.41) is 0. The molecule has 0 aromatic rings. The van der Waals surface area contributed by atoms with Crippen LogP contribution in [0.2, 0.25) is 0 Å². The summed E-state index contributed by atoms with van der Waals surface area (Å²) in [6.07, 6.45) is 10.9. The minimum Gasteiger partial charge on any atom is -0.0622 e. The van der Waals surface area contributed by atoms with Crippen LogP contribution in [0, 0.1) is 41.4 Å². The first-order valence-corrected chi connectivity index (χ1v) is 8.15. The molecule has 0 heteroatoms. The molecule has 17 heavy (non-hydrogen) atoms. The molecule has 0 amide bonds. The lowest BCUT2D eigenvalue weighted by Crippen LogP contribution is -2.41. The van der Waals surface area contributed by atoms with E-state index in [4.69, 9.17) is 0 Å². The van der Waals surface area contributed by atoms with Crippen LogP contribution in [-0.4, -0.2) is 0 Å². The van der Waals surface area contributed by atoms with Crippen LogP contribution in [-0.2, 0) is 0 Å². The zero-order valence-corrected chi connectivity index (χ0v) is 12.0. The summed E-state index contributed by atoms with van der Waals surface area (Å²) in [5.74, 6) is 7.44. The lowest BCUT2D eigenvalue weighted by Gasteiger charge is -2.50. The number of hydrogen-bond acceptors (Lipinski definition) is 0. The maximum atomic E-state index is 2.53. The van der Waals surface area contributed by atoms with E-state index in [1.54, 1.807) is 32.1 Å².